The first-order valence-corrected chi connectivity index (χ1v) is 9.24. The van der Waals surface area contributed by atoms with Crippen molar-refractivity contribution in [3.8, 4) is 0 Å². The second kappa shape index (κ2) is 7.32. The number of fused-ring (bicyclic) bond motifs is 1. The van der Waals surface area contributed by atoms with Crippen molar-refractivity contribution in [1.29, 1.82) is 0 Å². The van der Waals surface area contributed by atoms with Gasteiger partial charge in [0.15, 0.2) is 0 Å². The number of carbonyl (C=O) groups excluding carboxylic acids is 1. The normalized spacial score (nSPS) is 15.2. The van der Waals surface area contributed by atoms with Gasteiger partial charge in [0.1, 0.15) is 17.1 Å². The Kier molecular flexibility index (Phi) is 4.70. The lowest BCUT2D eigenvalue weighted by molar-refractivity contribution is -0.132. The maximum Gasteiger partial charge on any atom is 0.352 e. The first kappa shape index (κ1) is 18.0. The number of para-hydroxylation sites is 1. The lowest BCUT2D eigenvalue weighted by Gasteiger charge is -2.24. The van der Waals surface area contributed by atoms with Crippen LogP contribution in [0.2, 0.25) is 0 Å². The van der Waals surface area contributed by atoms with Crippen molar-refractivity contribution in [2.24, 2.45) is 0 Å². The van der Waals surface area contributed by atoms with Gasteiger partial charge in [-0.15, -0.1) is 0 Å². The minimum Gasteiger partial charge on any atom is -0.477 e. The number of nitrogens with one attached hydrogen (secondary N) is 2. The number of carbonyl (C=O) groups is 2. The first-order valence-electron chi connectivity index (χ1n) is 8.44. The largest absolute Gasteiger partial charge is 0.477 e. The Balaban J connectivity index is 1.74. The number of anilines is 2. The lowest BCUT2D eigenvalue weighted by atomic mass is 10.0. The van der Waals surface area contributed by atoms with Gasteiger partial charge in [-0.3, -0.25) is 4.79 Å². The molecule has 0 bridgehead atoms. The Labute approximate surface area is 168 Å². The number of rotatable bonds is 4. The van der Waals surface area contributed by atoms with E-state index in [1.807, 2.05) is 42.5 Å². The number of allylic oxidation sites excluding steroid dienone is 1. The molecule has 140 valence electrons. The number of halogens is 1. The van der Waals surface area contributed by atoms with Gasteiger partial charge in [0.05, 0.1) is 12.2 Å². The molecule has 3 aromatic rings. The quantitative estimate of drug-likeness (QED) is 0.574. The van der Waals surface area contributed by atoms with Crippen LogP contribution in [0.1, 0.15) is 22.0 Å². The zero-order valence-electron chi connectivity index (χ0n) is 14.5. The average molecular weight is 439 g/mol. The van der Waals surface area contributed by atoms with Crippen molar-refractivity contribution < 1.29 is 14.7 Å². The number of aromatic nitrogens is 2. The number of benzene rings is 2. The number of amides is 1. The molecule has 28 heavy (non-hydrogen) atoms. The van der Waals surface area contributed by atoms with Crippen molar-refractivity contribution in [2.45, 2.75) is 6.04 Å². The Hall–Kier alpha value is -3.39. The Morgan fingerprint density at radius 2 is 1.93 bits per heavy atom. The predicted octanol–water partition coefficient (Wildman–Crippen LogP) is 3.88. The molecule has 3 N–H and O–H groups in total. The third-order valence-electron chi connectivity index (χ3n) is 4.33. The van der Waals surface area contributed by atoms with Crippen LogP contribution < -0.4 is 10.6 Å². The van der Waals surface area contributed by atoms with Crippen molar-refractivity contribution in [3.05, 3.63) is 88.2 Å². The van der Waals surface area contributed by atoms with Gasteiger partial charge in [-0.25, -0.2) is 9.48 Å². The molecule has 4 rings (SSSR count). The third kappa shape index (κ3) is 3.41. The minimum atomic E-state index is -1.11. The van der Waals surface area contributed by atoms with E-state index in [4.69, 9.17) is 0 Å². The van der Waals surface area contributed by atoms with Gasteiger partial charge in [-0.1, -0.05) is 46.3 Å². The molecular weight excluding hydrogens is 424 g/mol. The van der Waals surface area contributed by atoms with Crippen LogP contribution >= 0.6 is 15.9 Å². The summed E-state index contributed by atoms with van der Waals surface area (Å²) >= 11 is 3.43. The van der Waals surface area contributed by atoms with Gasteiger partial charge >= 0.3 is 5.97 Å². The second-order valence-electron chi connectivity index (χ2n) is 6.18. The van der Waals surface area contributed by atoms with Crippen molar-refractivity contribution in [2.75, 3.05) is 10.6 Å². The molecule has 0 radical (unpaired) electrons. The standard InChI is InChI=1S/C20H15BrN4O3/c21-13-6-4-5-12(9-13)17-10-16(20(27)28)24-18-15(11-22-25(17)18)19(26)23-14-7-2-1-3-8-14/h1-11,17,24H,(H,23,26)(H,27,28)/t17-/m0/s1. The number of hydrogen-bond donors (Lipinski definition) is 3. The summed E-state index contributed by atoms with van der Waals surface area (Å²) in [5.41, 5.74) is 1.73. The van der Waals surface area contributed by atoms with Gasteiger partial charge in [-0.05, 0) is 35.9 Å². The molecule has 0 saturated carbocycles. The predicted molar refractivity (Wildman–Crippen MR) is 108 cm³/mol. The highest BCUT2D eigenvalue weighted by molar-refractivity contribution is 9.10. The minimum absolute atomic E-state index is 0.00765. The van der Waals surface area contributed by atoms with Gasteiger partial charge < -0.3 is 15.7 Å². The van der Waals surface area contributed by atoms with E-state index < -0.39 is 12.0 Å². The molecule has 8 heteroatoms. The van der Waals surface area contributed by atoms with E-state index in [-0.39, 0.29) is 17.2 Å². The lowest BCUT2D eigenvalue weighted by Crippen LogP contribution is -2.25. The van der Waals surface area contributed by atoms with Gasteiger partial charge in [0, 0.05) is 10.2 Å². The van der Waals surface area contributed by atoms with Crippen LogP contribution in [-0.2, 0) is 4.79 Å². The molecule has 1 aromatic heterocycles. The second-order valence-corrected chi connectivity index (χ2v) is 7.10. The number of carboxylic acids is 1. The van der Waals surface area contributed by atoms with Gasteiger partial charge in [0.25, 0.3) is 5.91 Å². The molecular formula is C20H15BrN4O3. The maximum absolute atomic E-state index is 12.7. The Morgan fingerprint density at radius 1 is 1.14 bits per heavy atom. The molecule has 0 unspecified atom stereocenters. The molecule has 0 fully saturated rings. The number of carboxylic acid groups (broad SMARTS) is 1. The fourth-order valence-electron chi connectivity index (χ4n) is 3.03. The molecule has 7 nitrogen and oxygen atoms in total. The summed E-state index contributed by atoms with van der Waals surface area (Å²) in [5, 5.41) is 19.5. The number of aliphatic carboxylic acids is 1. The van der Waals surface area contributed by atoms with Crippen molar-refractivity contribution in [1.82, 2.24) is 9.78 Å². The molecule has 0 saturated heterocycles. The summed E-state index contributed by atoms with van der Waals surface area (Å²) in [6.07, 6.45) is 3.01. The Morgan fingerprint density at radius 3 is 2.64 bits per heavy atom. The number of nitrogens with zero attached hydrogens (tertiary/aromatic N) is 2. The molecule has 1 aliphatic heterocycles. The molecule has 1 atom stereocenters. The molecule has 0 aliphatic carbocycles. The van der Waals surface area contributed by atoms with E-state index in [0.29, 0.717) is 11.5 Å². The van der Waals surface area contributed by atoms with E-state index in [2.05, 4.69) is 31.7 Å². The van der Waals surface area contributed by atoms with E-state index in [9.17, 15) is 14.7 Å². The zero-order valence-corrected chi connectivity index (χ0v) is 16.1. The van der Waals surface area contributed by atoms with E-state index >= 15 is 0 Å². The first-order chi connectivity index (χ1) is 13.5. The van der Waals surface area contributed by atoms with E-state index in [0.717, 1.165) is 10.0 Å². The van der Waals surface area contributed by atoms with Crippen LogP contribution in [0.25, 0.3) is 0 Å². The SMILES string of the molecule is O=C(O)C1=C[C@@H](c2cccc(Br)c2)n2ncc(C(=O)Nc3ccccc3)c2N1. The van der Waals surface area contributed by atoms with Crippen LogP contribution in [0, 0.1) is 0 Å². The zero-order chi connectivity index (χ0) is 19.7. The maximum atomic E-state index is 12.7. The average Bonchev–Trinajstić information content (AvgIpc) is 3.12. The van der Waals surface area contributed by atoms with Gasteiger partial charge in [0.2, 0.25) is 0 Å². The highest BCUT2D eigenvalue weighted by atomic mass is 79.9. The van der Waals surface area contributed by atoms with Crippen LogP contribution in [0.5, 0.6) is 0 Å². The smallest absolute Gasteiger partial charge is 0.352 e. The summed E-state index contributed by atoms with van der Waals surface area (Å²) in [7, 11) is 0. The molecule has 2 heterocycles. The summed E-state index contributed by atoms with van der Waals surface area (Å²) in [4.78, 5) is 24.4. The Bertz CT molecular complexity index is 1090. The fraction of sp³-hybridized carbons (Fsp3) is 0.0500. The van der Waals surface area contributed by atoms with Crippen LogP contribution in [0.15, 0.2) is 77.0 Å². The summed E-state index contributed by atoms with van der Waals surface area (Å²) < 4.78 is 2.47. The summed E-state index contributed by atoms with van der Waals surface area (Å²) in [6, 6.07) is 16.1. The summed E-state index contributed by atoms with van der Waals surface area (Å²) in [6.45, 7) is 0. The van der Waals surface area contributed by atoms with Crippen molar-refractivity contribution >= 4 is 39.3 Å². The van der Waals surface area contributed by atoms with Crippen LogP contribution in [0.3, 0.4) is 0 Å². The molecule has 2 aromatic carbocycles. The van der Waals surface area contributed by atoms with Crippen molar-refractivity contribution in [3.63, 3.8) is 0 Å². The third-order valence-corrected chi connectivity index (χ3v) is 4.83. The topological polar surface area (TPSA) is 96.2 Å². The van der Waals surface area contributed by atoms with Crippen LogP contribution in [0.4, 0.5) is 11.5 Å². The molecule has 0 spiro atoms. The molecule has 1 aliphatic rings. The van der Waals surface area contributed by atoms with E-state index in [1.165, 1.54) is 6.20 Å². The fourth-order valence-corrected chi connectivity index (χ4v) is 3.45. The number of hydrogen-bond acceptors (Lipinski definition) is 4. The van der Waals surface area contributed by atoms with Gasteiger partial charge in [-0.2, -0.15) is 5.10 Å². The van der Waals surface area contributed by atoms with E-state index in [1.54, 1.807) is 22.9 Å². The summed E-state index contributed by atoms with van der Waals surface area (Å²) in [5.74, 6) is -1.15. The molecule has 1 amide bonds. The monoisotopic (exact) mass is 438 g/mol. The van der Waals surface area contributed by atoms with Crippen LogP contribution in [-0.4, -0.2) is 26.8 Å². The highest BCUT2D eigenvalue weighted by Crippen LogP contribution is 2.33. The highest BCUT2D eigenvalue weighted by Gasteiger charge is 2.29.